The van der Waals surface area contributed by atoms with Gasteiger partial charge in [0.15, 0.2) is 0 Å². The minimum Gasteiger partial charge on any atom is -0.399 e. The fourth-order valence-corrected chi connectivity index (χ4v) is 2.20. The number of aliphatic hydroxyl groups excluding tert-OH is 3. The van der Waals surface area contributed by atoms with E-state index in [1.165, 1.54) is 0 Å². The summed E-state index contributed by atoms with van der Waals surface area (Å²) in [6, 6.07) is 7.08. The van der Waals surface area contributed by atoms with Crippen molar-refractivity contribution in [1.29, 1.82) is 0 Å². The molecule has 0 unspecified atom stereocenters. The van der Waals surface area contributed by atoms with Gasteiger partial charge in [-0.2, -0.15) is 0 Å². The van der Waals surface area contributed by atoms with Crippen molar-refractivity contribution < 1.29 is 20.1 Å². The minimum absolute atomic E-state index is 0.292. The molecule has 6 heteroatoms. The third kappa shape index (κ3) is 2.49. The van der Waals surface area contributed by atoms with E-state index in [-0.39, 0.29) is 5.91 Å². The van der Waals surface area contributed by atoms with E-state index in [4.69, 9.17) is 5.73 Å². The molecule has 1 aromatic carbocycles. The minimum atomic E-state index is -1.39. The number of rotatable bonds is 6. The number of benzene rings is 1. The predicted octanol–water partition coefficient (Wildman–Crippen LogP) is -0.868. The molecular formula is C14H20N2O4. The first-order valence-electron chi connectivity index (χ1n) is 6.53. The number of carbonyl (C=O) groups excluding carboxylic acids is 1. The SMILES string of the molecule is Nc1ccc(C2(C(=O)NC(CO)(CO)CO)CC2)cc1. The largest absolute Gasteiger partial charge is 0.399 e. The average Bonchev–Trinajstić information content (AvgIpc) is 3.27. The fourth-order valence-electron chi connectivity index (χ4n) is 2.20. The number of anilines is 1. The van der Waals surface area contributed by atoms with Gasteiger partial charge in [-0.25, -0.2) is 0 Å². The summed E-state index contributed by atoms with van der Waals surface area (Å²) >= 11 is 0. The van der Waals surface area contributed by atoms with Gasteiger partial charge < -0.3 is 26.4 Å². The van der Waals surface area contributed by atoms with Crippen LogP contribution in [0.5, 0.6) is 0 Å². The van der Waals surface area contributed by atoms with Crippen molar-refractivity contribution in [2.75, 3.05) is 25.6 Å². The van der Waals surface area contributed by atoms with Gasteiger partial charge in [-0.15, -0.1) is 0 Å². The topological polar surface area (TPSA) is 116 Å². The van der Waals surface area contributed by atoms with Crippen LogP contribution in [0.1, 0.15) is 18.4 Å². The van der Waals surface area contributed by atoms with Crippen LogP contribution in [0.3, 0.4) is 0 Å². The molecule has 1 aromatic rings. The number of nitrogen functional groups attached to an aromatic ring is 1. The van der Waals surface area contributed by atoms with Crippen LogP contribution in [0, 0.1) is 0 Å². The average molecular weight is 280 g/mol. The Morgan fingerprint density at radius 1 is 1.15 bits per heavy atom. The third-order valence-electron chi connectivity index (χ3n) is 3.93. The lowest BCUT2D eigenvalue weighted by Crippen LogP contribution is -2.59. The number of carbonyl (C=O) groups is 1. The molecule has 0 aromatic heterocycles. The van der Waals surface area contributed by atoms with Crippen LogP contribution >= 0.6 is 0 Å². The second-order valence-electron chi connectivity index (χ2n) is 5.41. The summed E-state index contributed by atoms with van der Waals surface area (Å²) in [5, 5.41) is 30.4. The molecule has 6 nitrogen and oxygen atoms in total. The summed E-state index contributed by atoms with van der Waals surface area (Å²) in [6.45, 7) is -1.57. The second kappa shape index (κ2) is 5.40. The van der Waals surface area contributed by atoms with Crippen LogP contribution in [0.15, 0.2) is 24.3 Å². The van der Waals surface area contributed by atoms with Gasteiger partial charge in [-0.3, -0.25) is 4.79 Å². The maximum atomic E-state index is 12.4. The molecule has 1 aliphatic rings. The summed E-state index contributed by atoms with van der Waals surface area (Å²) in [6.07, 6.45) is 1.39. The Morgan fingerprint density at radius 3 is 2.05 bits per heavy atom. The van der Waals surface area contributed by atoms with E-state index in [1.54, 1.807) is 24.3 Å². The lowest BCUT2D eigenvalue weighted by molar-refractivity contribution is -0.128. The molecule has 0 aliphatic heterocycles. The highest BCUT2D eigenvalue weighted by Gasteiger charge is 2.52. The quantitative estimate of drug-likeness (QED) is 0.435. The monoisotopic (exact) mass is 280 g/mol. The normalized spacial score (nSPS) is 16.8. The maximum Gasteiger partial charge on any atom is 0.231 e. The lowest BCUT2D eigenvalue weighted by Gasteiger charge is -2.31. The van der Waals surface area contributed by atoms with Crippen molar-refractivity contribution in [3.05, 3.63) is 29.8 Å². The number of nitrogens with one attached hydrogen (secondary N) is 1. The molecule has 0 heterocycles. The Hall–Kier alpha value is -1.63. The van der Waals surface area contributed by atoms with Crippen molar-refractivity contribution in [3.63, 3.8) is 0 Å². The summed E-state index contributed by atoms with van der Waals surface area (Å²) in [5.74, 6) is -0.292. The number of amides is 1. The highest BCUT2D eigenvalue weighted by Crippen LogP contribution is 2.48. The first kappa shape index (κ1) is 14.8. The van der Waals surface area contributed by atoms with Gasteiger partial charge in [0.05, 0.1) is 25.2 Å². The molecular weight excluding hydrogens is 260 g/mol. The van der Waals surface area contributed by atoms with Crippen molar-refractivity contribution in [2.24, 2.45) is 0 Å². The zero-order valence-electron chi connectivity index (χ0n) is 11.2. The number of aliphatic hydroxyl groups is 3. The van der Waals surface area contributed by atoms with E-state index >= 15 is 0 Å². The van der Waals surface area contributed by atoms with Gasteiger partial charge in [0, 0.05) is 5.69 Å². The van der Waals surface area contributed by atoms with Crippen LogP contribution in [-0.4, -0.2) is 46.6 Å². The van der Waals surface area contributed by atoms with E-state index in [0.717, 1.165) is 5.56 Å². The highest BCUT2D eigenvalue weighted by atomic mass is 16.3. The van der Waals surface area contributed by atoms with Crippen molar-refractivity contribution in [1.82, 2.24) is 5.32 Å². The molecule has 0 saturated heterocycles. The Labute approximate surface area is 117 Å². The van der Waals surface area contributed by atoms with Gasteiger partial charge in [0.1, 0.15) is 5.54 Å². The summed E-state index contributed by atoms with van der Waals surface area (Å²) in [4.78, 5) is 12.4. The van der Waals surface area contributed by atoms with Gasteiger partial charge in [0.2, 0.25) is 5.91 Å². The number of hydrogen-bond donors (Lipinski definition) is 5. The molecule has 20 heavy (non-hydrogen) atoms. The molecule has 1 fully saturated rings. The third-order valence-corrected chi connectivity index (χ3v) is 3.93. The lowest BCUT2D eigenvalue weighted by atomic mass is 9.92. The van der Waals surface area contributed by atoms with E-state index < -0.39 is 30.8 Å². The number of hydrogen-bond acceptors (Lipinski definition) is 5. The molecule has 0 atom stereocenters. The van der Waals surface area contributed by atoms with Gasteiger partial charge in [-0.1, -0.05) is 12.1 Å². The second-order valence-corrected chi connectivity index (χ2v) is 5.41. The fraction of sp³-hybridized carbons (Fsp3) is 0.500. The smallest absolute Gasteiger partial charge is 0.231 e. The Kier molecular flexibility index (Phi) is 3.99. The molecule has 0 bridgehead atoms. The van der Waals surface area contributed by atoms with Gasteiger partial charge >= 0.3 is 0 Å². The zero-order valence-corrected chi connectivity index (χ0v) is 11.2. The van der Waals surface area contributed by atoms with E-state index in [9.17, 15) is 20.1 Å². The molecule has 1 saturated carbocycles. The molecule has 0 radical (unpaired) electrons. The van der Waals surface area contributed by atoms with Crippen molar-refractivity contribution >= 4 is 11.6 Å². The first-order valence-corrected chi connectivity index (χ1v) is 6.53. The first-order chi connectivity index (χ1) is 9.52. The summed E-state index contributed by atoms with van der Waals surface area (Å²) < 4.78 is 0. The van der Waals surface area contributed by atoms with Gasteiger partial charge in [0.25, 0.3) is 0 Å². The number of nitrogens with two attached hydrogens (primary N) is 1. The molecule has 2 rings (SSSR count). The molecule has 1 amide bonds. The van der Waals surface area contributed by atoms with Crippen molar-refractivity contribution in [3.8, 4) is 0 Å². The summed E-state index contributed by atoms with van der Waals surface area (Å²) in [5.41, 5.74) is 5.08. The zero-order chi connectivity index (χ0) is 14.8. The standard InChI is InChI=1S/C14H20N2O4/c15-11-3-1-10(2-4-11)14(5-6-14)12(20)16-13(7-17,8-18)9-19/h1-4,17-19H,5-9,15H2,(H,16,20). The Bertz CT molecular complexity index is 470. The van der Waals surface area contributed by atoms with E-state index in [1.807, 2.05) is 0 Å². The molecule has 6 N–H and O–H groups in total. The van der Waals surface area contributed by atoms with Crippen LogP contribution in [-0.2, 0) is 10.2 Å². The van der Waals surface area contributed by atoms with Crippen LogP contribution in [0.25, 0.3) is 0 Å². The predicted molar refractivity (Wildman–Crippen MR) is 73.9 cm³/mol. The van der Waals surface area contributed by atoms with Crippen LogP contribution in [0.4, 0.5) is 5.69 Å². The molecule has 0 spiro atoms. The van der Waals surface area contributed by atoms with E-state index in [0.29, 0.717) is 18.5 Å². The van der Waals surface area contributed by atoms with Crippen LogP contribution < -0.4 is 11.1 Å². The Morgan fingerprint density at radius 2 is 1.65 bits per heavy atom. The van der Waals surface area contributed by atoms with E-state index in [2.05, 4.69) is 5.32 Å². The highest BCUT2D eigenvalue weighted by molar-refractivity contribution is 5.92. The summed E-state index contributed by atoms with van der Waals surface area (Å²) in [7, 11) is 0. The van der Waals surface area contributed by atoms with Crippen molar-refractivity contribution in [2.45, 2.75) is 23.8 Å². The van der Waals surface area contributed by atoms with Gasteiger partial charge in [-0.05, 0) is 30.5 Å². The van der Waals surface area contributed by atoms with Crippen LogP contribution in [0.2, 0.25) is 0 Å². The molecule has 110 valence electrons. The maximum absolute atomic E-state index is 12.4. The molecule has 1 aliphatic carbocycles. The Balaban J connectivity index is 2.18.